The summed E-state index contributed by atoms with van der Waals surface area (Å²) < 4.78 is 26.8. The van der Waals surface area contributed by atoms with Crippen LogP contribution < -0.4 is 10.0 Å². The van der Waals surface area contributed by atoms with Crippen molar-refractivity contribution in [3.8, 4) is 0 Å². The van der Waals surface area contributed by atoms with Crippen LogP contribution in [0.3, 0.4) is 0 Å². The maximum atomic E-state index is 12.0. The number of benzene rings is 1. The van der Waals surface area contributed by atoms with E-state index in [0.717, 1.165) is 24.9 Å². The SMILES string of the molecule is CC(C)NCc1ccc(CS(=O)(=O)NCC2CCC2)cc1. The van der Waals surface area contributed by atoms with Crippen LogP contribution in [0.5, 0.6) is 0 Å². The van der Waals surface area contributed by atoms with Gasteiger partial charge in [-0.2, -0.15) is 0 Å². The van der Waals surface area contributed by atoms with Gasteiger partial charge in [0.05, 0.1) is 5.75 Å². The predicted molar refractivity (Wildman–Crippen MR) is 86.4 cm³/mol. The van der Waals surface area contributed by atoms with Crippen LogP contribution in [0.15, 0.2) is 24.3 Å². The first kappa shape index (κ1) is 16.5. The van der Waals surface area contributed by atoms with Crippen LogP contribution >= 0.6 is 0 Å². The molecular formula is C16H26N2O2S. The first-order chi connectivity index (χ1) is 9.94. The normalized spacial score (nSPS) is 16.1. The molecule has 2 rings (SSSR count). The molecule has 0 atom stereocenters. The molecule has 0 spiro atoms. The molecule has 0 radical (unpaired) electrons. The molecule has 1 aromatic carbocycles. The molecular weight excluding hydrogens is 284 g/mol. The zero-order chi connectivity index (χ0) is 15.3. The molecule has 5 heteroatoms. The summed E-state index contributed by atoms with van der Waals surface area (Å²) in [6, 6.07) is 8.23. The Kier molecular flexibility index (Phi) is 5.79. The standard InChI is InChI=1S/C16H26N2O2S/c1-13(2)17-10-15-6-8-16(9-7-15)12-21(19,20)18-11-14-4-3-5-14/h6-9,13-14,17-18H,3-5,10-12H2,1-2H3. The summed E-state index contributed by atoms with van der Waals surface area (Å²) in [7, 11) is -3.21. The molecule has 0 heterocycles. The molecule has 4 nitrogen and oxygen atoms in total. The summed E-state index contributed by atoms with van der Waals surface area (Å²) in [5, 5.41) is 3.34. The number of hydrogen-bond donors (Lipinski definition) is 2. The van der Waals surface area contributed by atoms with E-state index in [1.54, 1.807) is 0 Å². The van der Waals surface area contributed by atoms with E-state index < -0.39 is 10.0 Å². The minimum Gasteiger partial charge on any atom is -0.310 e. The second kappa shape index (κ2) is 7.38. The third-order valence-electron chi connectivity index (χ3n) is 3.91. The van der Waals surface area contributed by atoms with Crippen molar-refractivity contribution in [1.29, 1.82) is 0 Å². The lowest BCUT2D eigenvalue weighted by Gasteiger charge is -2.25. The van der Waals surface area contributed by atoms with Crippen molar-refractivity contribution >= 4 is 10.0 Å². The maximum absolute atomic E-state index is 12.0. The largest absolute Gasteiger partial charge is 0.310 e. The van der Waals surface area contributed by atoms with Gasteiger partial charge in [-0.3, -0.25) is 0 Å². The number of sulfonamides is 1. The minimum atomic E-state index is -3.21. The highest BCUT2D eigenvalue weighted by Crippen LogP contribution is 2.25. The Hall–Kier alpha value is -0.910. The van der Waals surface area contributed by atoms with Gasteiger partial charge in [-0.25, -0.2) is 13.1 Å². The van der Waals surface area contributed by atoms with E-state index in [9.17, 15) is 8.42 Å². The number of hydrogen-bond acceptors (Lipinski definition) is 3. The Labute approximate surface area is 128 Å². The second-order valence-corrected chi connectivity index (χ2v) is 8.06. The van der Waals surface area contributed by atoms with Crippen molar-refractivity contribution in [2.45, 2.75) is 51.4 Å². The van der Waals surface area contributed by atoms with Gasteiger partial charge in [0.15, 0.2) is 0 Å². The molecule has 0 aliphatic heterocycles. The van der Waals surface area contributed by atoms with E-state index >= 15 is 0 Å². The maximum Gasteiger partial charge on any atom is 0.215 e. The van der Waals surface area contributed by atoms with Gasteiger partial charge >= 0.3 is 0 Å². The average molecular weight is 310 g/mol. The fourth-order valence-corrected chi connectivity index (χ4v) is 3.51. The zero-order valence-electron chi connectivity index (χ0n) is 12.9. The molecule has 2 N–H and O–H groups in total. The molecule has 1 fully saturated rings. The van der Waals surface area contributed by atoms with Gasteiger partial charge in [-0.15, -0.1) is 0 Å². The Bertz CT molecular complexity index is 534. The third kappa shape index (κ3) is 5.77. The first-order valence-electron chi connectivity index (χ1n) is 7.73. The molecule has 1 aromatic rings. The average Bonchev–Trinajstić information content (AvgIpc) is 2.35. The van der Waals surface area contributed by atoms with Crippen molar-refractivity contribution in [2.24, 2.45) is 5.92 Å². The Morgan fingerprint density at radius 2 is 1.76 bits per heavy atom. The molecule has 118 valence electrons. The van der Waals surface area contributed by atoms with Crippen molar-refractivity contribution in [3.63, 3.8) is 0 Å². The minimum absolute atomic E-state index is 0.0671. The molecule has 0 bridgehead atoms. The topological polar surface area (TPSA) is 58.2 Å². The van der Waals surface area contributed by atoms with Crippen molar-refractivity contribution in [1.82, 2.24) is 10.0 Å². The molecule has 0 amide bonds. The summed E-state index contributed by atoms with van der Waals surface area (Å²) >= 11 is 0. The summed E-state index contributed by atoms with van der Waals surface area (Å²) in [5.41, 5.74) is 2.01. The Balaban J connectivity index is 1.83. The summed E-state index contributed by atoms with van der Waals surface area (Å²) in [6.45, 7) is 5.62. The lowest BCUT2D eigenvalue weighted by Crippen LogP contribution is -2.33. The summed E-state index contributed by atoms with van der Waals surface area (Å²) in [5.74, 6) is 0.613. The molecule has 1 aliphatic rings. The fourth-order valence-electron chi connectivity index (χ4n) is 2.29. The number of nitrogens with one attached hydrogen (secondary N) is 2. The van der Waals surface area contributed by atoms with E-state index in [4.69, 9.17) is 0 Å². The van der Waals surface area contributed by atoms with Gasteiger partial charge in [0, 0.05) is 19.1 Å². The van der Waals surface area contributed by atoms with Gasteiger partial charge in [0.25, 0.3) is 0 Å². The van der Waals surface area contributed by atoms with E-state index in [1.807, 2.05) is 24.3 Å². The predicted octanol–water partition coefficient (Wildman–Crippen LogP) is 2.40. The van der Waals surface area contributed by atoms with Gasteiger partial charge in [-0.1, -0.05) is 44.5 Å². The highest BCUT2D eigenvalue weighted by molar-refractivity contribution is 7.88. The van der Waals surface area contributed by atoms with Crippen LogP contribution in [-0.4, -0.2) is 21.0 Å². The third-order valence-corrected chi connectivity index (χ3v) is 5.23. The van der Waals surface area contributed by atoms with Crippen molar-refractivity contribution < 1.29 is 8.42 Å². The lowest BCUT2D eigenvalue weighted by atomic mass is 9.86. The molecule has 1 saturated carbocycles. The summed E-state index contributed by atoms with van der Waals surface area (Å²) in [4.78, 5) is 0. The highest BCUT2D eigenvalue weighted by Gasteiger charge is 2.20. The van der Waals surface area contributed by atoms with Gasteiger partial charge in [-0.05, 0) is 29.9 Å². The summed E-state index contributed by atoms with van der Waals surface area (Å²) in [6.07, 6.45) is 3.54. The van der Waals surface area contributed by atoms with Gasteiger partial charge in [0.2, 0.25) is 10.0 Å². The Morgan fingerprint density at radius 3 is 2.29 bits per heavy atom. The van der Waals surface area contributed by atoms with Crippen LogP contribution in [-0.2, 0) is 22.3 Å². The van der Waals surface area contributed by atoms with E-state index in [0.29, 0.717) is 18.5 Å². The zero-order valence-corrected chi connectivity index (χ0v) is 13.7. The monoisotopic (exact) mass is 310 g/mol. The molecule has 1 aliphatic carbocycles. The van der Waals surface area contributed by atoms with Crippen LogP contribution in [0.4, 0.5) is 0 Å². The second-order valence-electron chi connectivity index (χ2n) is 6.26. The molecule has 0 aromatic heterocycles. The fraction of sp³-hybridized carbons (Fsp3) is 0.625. The number of rotatable bonds is 8. The molecule has 0 unspecified atom stereocenters. The first-order valence-corrected chi connectivity index (χ1v) is 9.38. The van der Waals surface area contributed by atoms with E-state index in [1.165, 1.54) is 12.0 Å². The van der Waals surface area contributed by atoms with Gasteiger partial charge in [0.1, 0.15) is 0 Å². The Morgan fingerprint density at radius 1 is 1.14 bits per heavy atom. The van der Waals surface area contributed by atoms with Crippen LogP contribution in [0.1, 0.15) is 44.2 Å². The van der Waals surface area contributed by atoms with Crippen LogP contribution in [0, 0.1) is 5.92 Å². The van der Waals surface area contributed by atoms with Crippen molar-refractivity contribution in [3.05, 3.63) is 35.4 Å². The highest BCUT2D eigenvalue weighted by atomic mass is 32.2. The van der Waals surface area contributed by atoms with Gasteiger partial charge < -0.3 is 5.32 Å². The van der Waals surface area contributed by atoms with Crippen LogP contribution in [0.2, 0.25) is 0 Å². The van der Waals surface area contributed by atoms with E-state index in [-0.39, 0.29) is 5.75 Å². The van der Waals surface area contributed by atoms with Crippen molar-refractivity contribution in [2.75, 3.05) is 6.54 Å². The van der Waals surface area contributed by atoms with Crippen LogP contribution in [0.25, 0.3) is 0 Å². The molecule has 21 heavy (non-hydrogen) atoms. The lowest BCUT2D eigenvalue weighted by molar-refractivity contribution is 0.316. The smallest absolute Gasteiger partial charge is 0.215 e. The van der Waals surface area contributed by atoms with E-state index in [2.05, 4.69) is 23.9 Å². The molecule has 0 saturated heterocycles. The quantitative estimate of drug-likeness (QED) is 0.775.